The lowest BCUT2D eigenvalue weighted by atomic mass is 9.98. The van der Waals surface area contributed by atoms with Crippen LogP contribution in [0.25, 0.3) is 0 Å². The van der Waals surface area contributed by atoms with E-state index in [0.29, 0.717) is 6.42 Å². The third kappa shape index (κ3) is 2.89. The fourth-order valence-corrected chi connectivity index (χ4v) is 1.63. The average Bonchev–Trinajstić information content (AvgIpc) is 2.50. The zero-order valence-corrected chi connectivity index (χ0v) is 7.81. The molecule has 1 fully saturated rings. The van der Waals surface area contributed by atoms with Crippen molar-refractivity contribution in [1.29, 1.82) is 0 Å². The number of nitrogens with one attached hydrogen (secondary N) is 1. The van der Waals surface area contributed by atoms with Gasteiger partial charge in [-0.2, -0.15) is 0 Å². The second-order valence-electron chi connectivity index (χ2n) is 3.47. The molecule has 0 aromatic carbocycles. The van der Waals surface area contributed by atoms with E-state index in [-0.39, 0.29) is 5.92 Å². The van der Waals surface area contributed by atoms with Crippen LogP contribution in [0.4, 0.5) is 0 Å². The number of hydrogen-bond acceptors (Lipinski definition) is 5. The van der Waals surface area contributed by atoms with Crippen LogP contribution in [0.15, 0.2) is 0 Å². The van der Waals surface area contributed by atoms with Gasteiger partial charge in [-0.3, -0.25) is 5.32 Å². The smallest absolute Gasteiger partial charge is 0.169 e. The van der Waals surface area contributed by atoms with E-state index >= 15 is 0 Å². The van der Waals surface area contributed by atoms with Crippen molar-refractivity contribution in [2.24, 2.45) is 11.7 Å². The van der Waals surface area contributed by atoms with E-state index in [1.165, 1.54) is 7.11 Å². The van der Waals surface area contributed by atoms with Gasteiger partial charge in [0.15, 0.2) is 6.29 Å². The molecule has 1 rings (SSSR count). The highest BCUT2D eigenvalue weighted by Gasteiger charge is 2.28. The van der Waals surface area contributed by atoms with Gasteiger partial charge in [0.2, 0.25) is 0 Å². The minimum absolute atomic E-state index is 0.125. The fourth-order valence-electron chi connectivity index (χ4n) is 1.63. The van der Waals surface area contributed by atoms with Gasteiger partial charge in [0.1, 0.15) is 6.23 Å². The van der Waals surface area contributed by atoms with E-state index in [9.17, 15) is 10.2 Å². The minimum Gasteiger partial charge on any atom is -0.378 e. The Balaban J connectivity index is 2.30. The third-order valence-corrected chi connectivity index (χ3v) is 2.50. The van der Waals surface area contributed by atoms with Crippen molar-refractivity contribution in [3.05, 3.63) is 0 Å². The van der Waals surface area contributed by atoms with Crippen molar-refractivity contribution in [2.45, 2.75) is 31.4 Å². The summed E-state index contributed by atoms with van der Waals surface area (Å²) in [5.41, 5.74) is 5.66. The number of ether oxygens (including phenoxy) is 1. The van der Waals surface area contributed by atoms with Gasteiger partial charge in [-0.1, -0.05) is 0 Å². The maximum Gasteiger partial charge on any atom is 0.169 e. The molecule has 2 unspecified atom stereocenters. The van der Waals surface area contributed by atoms with Crippen molar-refractivity contribution in [3.63, 3.8) is 0 Å². The van der Waals surface area contributed by atoms with Gasteiger partial charge in [-0.25, -0.2) is 0 Å². The van der Waals surface area contributed by atoms with E-state index in [4.69, 9.17) is 5.73 Å². The van der Waals surface area contributed by atoms with Crippen LogP contribution in [0.3, 0.4) is 0 Å². The molecule has 1 heterocycles. The number of rotatable bonds is 4. The molecule has 0 aliphatic carbocycles. The van der Waals surface area contributed by atoms with E-state index in [1.54, 1.807) is 0 Å². The van der Waals surface area contributed by atoms with Crippen LogP contribution < -0.4 is 11.1 Å². The summed E-state index contributed by atoms with van der Waals surface area (Å²) in [6.45, 7) is 0.807. The zero-order valence-electron chi connectivity index (χ0n) is 7.81. The molecule has 5 N–H and O–H groups in total. The van der Waals surface area contributed by atoms with Gasteiger partial charge in [0.05, 0.1) is 6.04 Å². The lowest BCUT2D eigenvalue weighted by molar-refractivity contribution is -0.0950. The van der Waals surface area contributed by atoms with Crippen LogP contribution in [0.1, 0.15) is 12.8 Å². The Kier molecular flexibility index (Phi) is 4.08. The minimum atomic E-state index is -0.937. The van der Waals surface area contributed by atoms with Crippen LogP contribution in [-0.2, 0) is 4.74 Å². The molecule has 0 radical (unpaired) electrons. The molecule has 13 heavy (non-hydrogen) atoms. The molecule has 0 saturated carbocycles. The van der Waals surface area contributed by atoms with Gasteiger partial charge in [0.25, 0.3) is 0 Å². The summed E-state index contributed by atoms with van der Waals surface area (Å²) in [6, 6.07) is -0.426. The Morgan fingerprint density at radius 2 is 2.38 bits per heavy atom. The predicted octanol–water partition coefficient (Wildman–Crippen LogP) is -1.40. The Hall–Kier alpha value is -0.200. The second kappa shape index (κ2) is 4.88. The Morgan fingerprint density at radius 3 is 2.85 bits per heavy atom. The first-order chi connectivity index (χ1) is 6.15. The molecule has 5 heteroatoms. The highest BCUT2D eigenvalue weighted by Crippen LogP contribution is 2.19. The highest BCUT2D eigenvalue weighted by atomic mass is 16.6. The van der Waals surface area contributed by atoms with Crippen LogP contribution in [0.5, 0.6) is 0 Å². The maximum atomic E-state index is 9.40. The van der Waals surface area contributed by atoms with E-state index < -0.39 is 18.6 Å². The SMILES string of the molecule is COC(O)[C@@H](N)C[C@@H]1CCNC1O. The van der Waals surface area contributed by atoms with Gasteiger partial charge in [0, 0.05) is 13.0 Å². The topological polar surface area (TPSA) is 87.7 Å². The fraction of sp³-hybridized carbons (Fsp3) is 1.00. The third-order valence-electron chi connectivity index (χ3n) is 2.50. The van der Waals surface area contributed by atoms with Crippen molar-refractivity contribution in [3.8, 4) is 0 Å². The van der Waals surface area contributed by atoms with Gasteiger partial charge in [-0.05, 0) is 19.4 Å². The first-order valence-corrected chi connectivity index (χ1v) is 4.53. The van der Waals surface area contributed by atoms with Crippen molar-refractivity contribution >= 4 is 0 Å². The lowest BCUT2D eigenvalue weighted by Gasteiger charge is -2.22. The van der Waals surface area contributed by atoms with Crippen LogP contribution in [-0.4, -0.2) is 42.4 Å². The van der Waals surface area contributed by atoms with Crippen LogP contribution in [0, 0.1) is 5.92 Å². The summed E-state index contributed by atoms with van der Waals surface area (Å²) in [5, 5.41) is 21.5. The number of aliphatic hydroxyl groups excluding tert-OH is 2. The Morgan fingerprint density at radius 1 is 1.69 bits per heavy atom. The largest absolute Gasteiger partial charge is 0.378 e. The number of methoxy groups -OCH3 is 1. The lowest BCUT2D eigenvalue weighted by Crippen LogP contribution is -2.39. The van der Waals surface area contributed by atoms with Gasteiger partial charge in [-0.15, -0.1) is 0 Å². The molecule has 78 valence electrons. The average molecular weight is 190 g/mol. The molecule has 1 aliphatic rings. The first kappa shape index (κ1) is 10.9. The molecule has 1 aliphatic heterocycles. The molecule has 0 aromatic rings. The number of hydrogen-bond donors (Lipinski definition) is 4. The maximum absolute atomic E-state index is 9.40. The molecular formula is C8H18N2O3. The quantitative estimate of drug-likeness (QED) is 0.409. The summed E-state index contributed by atoms with van der Waals surface area (Å²) >= 11 is 0. The van der Waals surface area contributed by atoms with E-state index in [2.05, 4.69) is 10.1 Å². The van der Waals surface area contributed by atoms with Gasteiger partial charge >= 0.3 is 0 Å². The Labute approximate surface area is 77.9 Å². The van der Waals surface area contributed by atoms with E-state index in [1.807, 2.05) is 0 Å². The van der Waals surface area contributed by atoms with Gasteiger partial charge < -0.3 is 20.7 Å². The second-order valence-corrected chi connectivity index (χ2v) is 3.47. The zero-order chi connectivity index (χ0) is 9.84. The molecule has 5 nitrogen and oxygen atoms in total. The van der Waals surface area contributed by atoms with Crippen molar-refractivity contribution < 1.29 is 14.9 Å². The molecule has 0 bridgehead atoms. The summed E-state index contributed by atoms with van der Waals surface area (Å²) in [7, 11) is 1.41. The predicted molar refractivity (Wildman–Crippen MR) is 47.7 cm³/mol. The molecule has 0 spiro atoms. The summed E-state index contributed by atoms with van der Waals surface area (Å²) in [6.07, 6.45) is 0.0389. The highest BCUT2D eigenvalue weighted by molar-refractivity contribution is 4.80. The summed E-state index contributed by atoms with van der Waals surface area (Å²) in [5.74, 6) is 0.125. The number of nitrogens with two attached hydrogens (primary N) is 1. The first-order valence-electron chi connectivity index (χ1n) is 4.53. The van der Waals surface area contributed by atoms with Crippen molar-refractivity contribution in [1.82, 2.24) is 5.32 Å². The molecule has 0 aromatic heterocycles. The normalized spacial score (nSPS) is 33.2. The van der Waals surface area contributed by atoms with Crippen molar-refractivity contribution in [2.75, 3.05) is 13.7 Å². The van der Waals surface area contributed by atoms with Crippen LogP contribution >= 0.6 is 0 Å². The van der Waals surface area contributed by atoms with E-state index in [0.717, 1.165) is 13.0 Å². The standard InChI is InChI=1S/C8H18N2O3/c1-13-8(12)6(9)4-5-2-3-10-7(5)11/h5-8,10-12H,2-4,9H2,1H3/t5-,6-,7?,8?/m0/s1. The summed E-state index contributed by atoms with van der Waals surface area (Å²) in [4.78, 5) is 0. The monoisotopic (exact) mass is 190 g/mol. The molecule has 0 amide bonds. The molecular weight excluding hydrogens is 172 g/mol. The molecule has 4 atom stereocenters. The summed E-state index contributed by atoms with van der Waals surface area (Å²) < 4.78 is 4.69. The van der Waals surface area contributed by atoms with Crippen LogP contribution in [0.2, 0.25) is 0 Å². The number of aliphatic hydroxyl groups is 2. The molecule has 1 saturated heterocycles. The Bertz CT molecular complexity index is 156.